The van der Waals surface area contributed by atoms with Crippen molar-refractivity contribution in [3.05, 3.63) is 63.1 Å². The van der Waals surface area contributed by atoms with Crippen molar-refractivity contribution in [2.24, 2.45) is 0 Å². The van der Waals surface area contributed by atoms with Crippen LogP contribution in [0.2, 0.25) is 15.2 Å². The van der Waals surface area contributed by atoms with E-state index < -0.39 is 39.6 Å². The van der Waals surface area contributed by atoms with Gasteiger partial charge in [0.2, 0.25) is 0 Å². The van der Waals surface area contributed by atoms with Crippen molar-refractivity contribution >= 4 is 40.8 Å². The van der Waals surface area contributed by atoms with E-state index in [1.165, 1.54) is 24.7 Å². The van der Waals surface area contributed by atoms with E-state index in [-0.39, 0.29) is 35.1 Å². The molecule has 0 radical (unpaired) electrons. The summed E-state index contributed by atoms with van der Waals surface area (Å²) in [4.78, 5) is 15.9. The number of hydrogen-bond donors (Lipinski definition) is 0. The number of nitrogens with zero attached hydrogens (tertiary/aromatic N) is 3. The molecule has 0 amide bonds. The zero-order valence-electron chi connectivity index (χ0n) is 17.1. The van der Waals surface area contributed by atoms with Crippen molar-refractivity contribution in [3.63, 3.8) is 0 Å². The third-order valence-corrected chi connectivity index (χ3v) is 5.55. The lowest BCUT2D eigenvalue weighted by Crippen LogP contribution is -2.50. The van der Waals surface area contributed by atoms with Gasteiger partial charge in [0.05, 0.1) is 28.4 Å². The maximum Gasteiger partial charge on any atom is 0.435 e. The van der Waals surface area contributed by atoms with E-state index in [1.807, 2.05) is 0 Å². The Balaban J connectivity index is 2.06. The second-order valence-corrected chi connectivity index (χ2v) is 8.07. The summed E-state index contributed by atoms with van der Waals surface area (Å²) in [6, 6.07) is 1.69. The summed E-state index contributed by atoms with van der Waals surface area (Å²) in [6.45, 7) is 1.66. The van der Waals surface area contributed by atoms with E-state index in [2.05, 4.69) is 10.1 Å². The fourth-order valence-corrected chi connectivity index (χ4v) is 3.86. The van der Waals surface area contributed by atoms with Gasteiger partial charge in [-0.05, 0) is 25.1 Å². The van der Waals surface area contributed by atoms with Crippen LogP contribution in [0.1, 0.15) is 22.8 Å². The summed E-state index contributed by atoms with van der Waals surface area (Å²) < 4.78 is 98.7. The number of pyridine rings is 1. The summed E-state index contributed by atoms with van der Waals surface area (Å²) in [5.74, 6) is -0.745. The molecule has 0 aliphatic carbocycles. The Hall–Kier alpha value is -2.57. The molecule has 0 aliphatic rings. The number of halogens is 10. The first-order valence-corrected chi connectivity index (χ1v) is 10.4. The molecule has 188 valence electrons. The summed E-state index contributed by atoms with van der Waals surface area (Å²) >= 11 is 17.7. The Kier molecular flexibility index (Phi) is 7.31. The normalized spacial score (nSPS) is 12.7. The fourth-order valence-electron chi connectivity index (χ4n) is 3.02. The lowest BCUT2D eigenvalue weighted by molar-refractivity contribution is -0.348. The highest BCUT2D eigenvalue weighted by molar-refractivity contribution is 6.38. The summed E-state index contributed by atoms with van der Waals surface area (Å²) in [5.41, 5.74) is -7.32. The highest BCUT2D eigenvalue weighted by atomic mass is 35.5. The maximum absolute atomic E-state index is 14.4. The van der Waals surface area contributed by atoms with Gasteiger partial charge in [-0.2, -0.15) is 31.4 Å². The van der Waals surface area contributed by atoms with E-state index in [0.29, 0.717) is 11.1 Å². The third-order valence-electron chi connectivity index (χ3n) is 4.68. The lowest BCUT2D eigenvalue weighted by atomic mass is 9.94. The molecule has 0 saturated heterocycles. The summed E-state index contributed by atoms with van der Waals surface area (Å²) in [6.07, 6.45) is -8.91. The monoisotopic (exact) mass is 563 g/mol. The first-order chi connectivity index (χ1) is 16.1. The Morgan fingerprint density at radius 3 is 2.03 bits per heavy atom. The second kappa shape index (κ2) is 9.47. The molecule has 2 aromatic heterocycles. The van der Waals surface area contributed by atoms with Gasteiger partial charge in [-0.25, -0.2) is 18.9 Å². The molecule has 1 aromatic carbocycles. The van der Waals surface area contributed by atoms with Crippen LogP contribution in [-0.2, 0) is 10.4 Å². The van der Waals surface area contributed by atoms with Crippen LogP contribution >= 0.6 is 34.8 Å². The second-order valence-electron chi connectivity index (χ2n) is 6.90. The largest absolute Gasteiger partial charge is 0.462 e. The third kappa shape index (κ3) is 4.91. The minimum absolute atomic E-state index is 0.0576. The van der Waals surface area contributed by atoms with Crippen LogP contribution in [0.3, 0.4) is 0 Å². The van der Waals surface area contributed by atoms with E-state index in [1.54, 1.807) is 6.92 Å². The predicted octanol–water partition coefficient (Wildman–Crippen LogP) is 7.36. The van der Waals surface area contributed by atoms with Crippen molar-refractivity contribution in [2.45, 2.75) is 24.9 Å². The first-order valence-electron chi connectivity index (χ1n) is 9.31. The maximum atomic E-state index is 14.4. The van der Waals surface area contributed by atoms with Gasteiger partial charge in [0.25, 0.3) is 0 Å². The standard InChI is InChI=1S/C20H11Cl3F7N3O2/c1-2-35-17(34)12-3-9(6-31-16(12)23)10-7-32-33(8-10)15-13(21)4-11(5-14(15)22)18(24,19(25,26)27)20(28,29)30/h3-8H,2H2,1H3. The number of ether oxygens (including phenoxy) is 1. The molecule has 15 heteroatoms. The van der Waals surface area contributed by atoms with Gasteiger partial charge in [-0.15, -0.1) is 0 Å². The lowest BCUT2D eigenvalue weighted by Gasteiger charge is -2.30. The van der Waals surface area contributed by atoms with Crippen molar-refractivity contribution in [1.29, 1.82) is 0 Å². The number of benzene rings is 1. The molecule has 0 spiro atoms. The minimum Gasteiger partial charge on any atom is -0.462 e. The van der Waals surface area contributed by atoms with E-state index in [9.17, 15) is 35.5 Å². The molecule has 0 saturated carbocycles. The average Bonchev–Trinajstić information content (AvgIpc) is 3.21. The molecule has 2 heterocycles. The van der Waals surface area contributed by atoms with Crippen LogP contribution in [0.15, 0.2) is 36.8 Å². The number of esters is 1. The van der Waals surface area contributed by atoms with Gasteiger partial charge in [0, 0.05) is 29.1 Å². The number of hydrogen-bond acceptors (Lipinski definition) is 4. The van der Waals surface area contributed by atoms with Crippen LogP contribution in [-0.4, -0.2) is 39.7 Å². The van der Waals surface area contributed by atoms with E-state index in [0.717, 1.165) is 4.68 Å². The van der Waals surface area contributed by atoms with Crippen molar-refractivity contribution in [3.8, 4) is 16.8 Å². The van der Waals surface area contributed by atoms with Gasteiger partial charge >= 0.3 is 24.0 Å². The zero-order chi connectivity index (χ0) is 26.3. The molecule has 0 unspecified atom stereocenters. The fraction of sp³-hybridized carbons (Fsp3) is 0.250. The Labute approximate surface area is 207 Å². The van der Waals surface area contributed by atoms with Crippen LogP contribution < -0.4 is 0 Å². The first kappa shape index (κ1) is 27.0. The topological polar surface area (TPSA) is 57.0 Å². The van der Waals surface area contributed by atoms with Crippen molar-refractivity contribution < 1.29 is 40.3 Å². The SMILES string of the molecule is CCOC(=O)c1cc(-c2cnn(-c3c(Cl)cc(C(F)(C(F)(F)F)C(F)(F)F)cc3Cl)c2)cnc1Cl. The number of carbonyl (C=O) groups excluding carboxylic acids is 1. The molecule has 3 aromatic rings. The molecule has 0 N–H and O–H groups in total. The molecular formula is C20H11Cl3F7N3O2. The van der Waals surface area contributed by atoms with Crippen molar-refractivity contribution in [2.75, 3.05) is 6.61 Å². The number of aromatic nitrogens is 3. The molecule has 5 nitrogen and oxygen atoms in total. The number of alkyl halides is 7. The highest BCUT2D eigenvalue weighted by Crippen LogP contribution is 2.54. The van der Waals surface area contributed by atoms with Crippen molar-refractivity contribution in [1.82, 2.24) is 14.8 Å². The molecular weight excluding hydrogens is 554 g/mol. The van der Waals surface area contributed by atoms with Crippen LogP contribution in [0.4, 0.5) is 30.7 Å². The van der Waals surface area contributed by atoms with Gasteiger partial charge in [-0.1, -0.05) is 34.8 Å². The summed E-state index contributed by atoms with van der Waals surface area (Å²) in [7, 11) is 0. The van der Waals surface area contributed by atoms with Crippen LogP contribution in [0.25, 0.3) is 16.8 Å². The van der Waals surface area contributed by atoms with Gasteiger partial charge in [0.1, 0.15) is 10.8 Å². The Bertz CT molecular complexity index is 1240. The van der Waals surface area contributed by atoms with E-state index >= 15 is 0 Å². The summed E-state index contributed by atoms with van der Waals surface area (Å²) in [5, 5.41) is 2.33. The smallest absolute Gasteiger partial charge is 0.435 e. The molecule has 0 aliphatic heterocycles. The number of rotatable bonds is 5. The van der Waals surface area contributed by atoms with Crippen LogP contribution in [0.5, 0.6) is 0 Å². The van der Waals surface area contributed by atoms with Gasteiger partial charge in [0.15, 0.2) is 0 Å². The average molecular weight is 565 g/mol. The van der Waals surface area contributed by atoms with Gasteiger partial charge in [-0.3, -0.25) is 0 Å². The predicted molar refractivity (Wildman–Crippen MR) is 113 cm³/mol. The minimum atomic E-state index is -6.34. The number of carbonyl (C=O) groups is 1. The Morgan fingerprint density at radius 2 is 1.51 bits per heavy atom. The quantitative estimate of drug-likeness (QED) is 0.185. The Morgan fingerprint density at radius 1 is 0.943 bits per heavy atom. The molecule has 0 bridgehead atoms. The zero-order valence-corrected chi connectivity index (χ0v) is 19.4. The van der Waals surface area contributed by atoms with Crippen LogP contribution in [0, 0.1) is 0 Å². The molecule has 35 heavy (non-hydrogen) atoms. The molecule has 0 atom stereocenters. The molecule has 3 rings (SSSR count). The van der Waals surface area contributed by atoms with E-state index in [4.69, 9.17) is 39.5 Å². The highest BCUT2D eigenvalue weighted by Gasteiger charge is 2.73. The van der Waals surface area contributed by atoms with Gasteiger partial charge < -0.3 is 4.74 Å². The molecule has 0 fully saturated rings.